The molecule has 0 atom stereocenters. The second-order valence-corrected chi connectivity index (χ2v) is 4.70. The van der Waals surface area contributed by atoms with E-state index in [9.17, 15) is 0 Å². The van der Waals surface area contributed by atoms with Crippen molar-refractivity contribution in [2.75, 3.05) is 7.11 Å². The number of pyridine rings is 1. The van der Waals surface area contributed by atoms with Gasteiger partial charge in [0.1, 0.15) is 5.03 Å². The molecule has 0 fully saturated rings. The van der Waals surface area contributed by atoms with Crippen LogP contribution in [0, 0.1) is 6.92 Å². The van der Waals surface area contributed by atoms with Crippen LogP contribution in [-0.2, 0) is 5.75 Å². The van der Waals surface area contributed by atoms with Gasteiger partial charge >= 0.3 is 0 Å². The van der Waals surface area contributed by atoms with Gasteiger partial charge in [-0.05, 0) is 24.6 Å². The van der Waals surface area contributed by atoms with Crippen molar-refractivity contribution in [3.05, 3.63) is 53.7 Å². The fraction of sp³-hybridized carbons (Fsp3) is 0.214. The standard InChI is InChI=1S/C14H15NOS/c1-11-8-9-13(16-2)14(15-11)17-10-12-6-4-3-5-7-12/h3-9H,10H2,1-2H3. The maximum atomic E-state index is 5.31. The van der Waals surface area contributed by atoms with Crippen molar-refractivity contribution in [1.29, 1.82) is 0 Å². The quantitative estimate of drug-likeness (QED) is 0.767. The molecule has 0 spiro atoms. The molecular weight excluding hydrogens is 230 g/mol. The van der Waals surface area contributed by atoms with E-state index in [0.29, 0.717) is 0 Å². The van der Waals surface area contributed by atoms with Crippen molar-refractivity contribution >= 4 is 11.8 Å². The molecular formula is C14H15NOS. The highest BCUT2D eigenvalue weighted by Crippen LogP contribution is 2.29. The summed E-state index contributed by atoms with van der Waals surface area (Å²) in [5.74, 6) is 1.75. The van der Waals surface area contributed by atoms with E-state index in [-0.39, 0.29) is 0 Å². The summed E-state index contributed by atoms with van der Waals surface area (Å²) in [6.07, 6.45) is 0. The Balaban J connectivity index is 2.11. The van der Waals surface area contributed by atoms with Crippen LogP contribution in [0.2, 0.25) is 0 Å². The minimum atomic E-state index is 0.844. The van der Waals surface area contributed by atoms with Gasteiger partial charge in [-0.1, -0.05) is 42.1 Å². The Hall–Kier alpha value is -1.48. The van der Waals surface area contributed by atoms with Crippen molar-refractivity contribution in [2.45, 2.75) is 17.7 Å². The van der Waals surface area contributed by atoms with Gasteiger partial charge in [-0.15, -0.1) is 0 Å². The molecule has 0 bridgehead atoms. The minimum Gasteiger partial charge on any atom is -0.494 e. The molecule has 1 aromatic carbocycles. The van der Waals surface area contributed by atoms with Gasteiger partial charge in [-0.3, -0.25) is 0 Å². The van der Waals surface area contributed by atoms with Crippen molar-refractivity contribution in [3.63, 3.8) is 0 Å². The first kappa shape index (κ1) is 12.0. The van der Waals surface area contributed by atoms with Gasteiger partial charge in [0.15, 0.2) is 5.75 Å². The molecule has 0 N–H and O–H groups in total. The summed E-state index contributed by atoms with van der Waals surface area (Å²) in [6, 6.07) is 14.3. The number of aromatic nitrogens is 1. The third kappa shape index (κ3) is 3.24. The average molecular weight is 245 g/mol. The fourth-order valence-electron chi connectivity index (χ4n) is 1.50. The van der Waals surface area contributed by atoms with Crippen LogP contribution in [-0.4, -0.2) is 12.1 Å². The summed E-state index contributed by atoms with van der Waals surface area (Å²) in [4.78, 5) is 4.50. The van der Waals surface area contributed by atoms with Gasteiger partial charge in [0, 0.05) is 11.4 Å². The van der Waals surface area contributed by atoms with Crippen LogP contribution in [0.4, 0.5) is 0 Å². The van der Waals surface area contributed by atoms with Gasteiger partial charge in [0.25, 0.3) is 0 Å². The maximum Gasteiger partial charge on any atom is 0.151 e. The molecule has 0 aliphatic heterocycles. The van der Waals surface area contributed by atoms with E-state index in [1.807, 2.05) is 25.1 Å². The van der Waals surface area contributed by atoms with Crippen molar-refractivity contribution in [2.24, 2.45) is 0 Å². The van der Waals surface area contributed by atoms with Crippen LogP contribution in [0.25, 0.3) is 0 Å². The molecule has 1 aromatic heterocycles. The van der Waals surface area contributed by atoms with Crippen molar-refractivity contribution < 1.29 is 4.74 Å². The second-order valence-electron chi connectivity index (χ2n) is 3.73. The van der Waals surface area contributed by atoms with Crippen LogP contribution in [0.3, 0.4) is 0 Å². The zero-order chi connectivity index (χ0) is 12.1. The molecule has 17 heavy (non-hydrogen) atoms. The van der Waals surface area contributed by atoms with E-state index < -0.39 is 0 Å². The number of hydrogen-bond donors (Lipinski definition) is 0. The molecule has 1 heterocycles. The predicted octanol–water partition coefficient (Wildman–Crippen LogP) is 3.69. The summed E-state index contributed by atoms with van der Waals surface area (Å²) in [6.45, 7) is 1.99. The van der Waals surface area contributed by atoms with E-state index in [1.54, 1.807) is 18.9 Å². The number of aryl methyl sites for hydroxylation is 1. The van der Waals surface area contributed by atoms with Gasteiger partial charge in [0.2, 0.25) is 0 Å². The SMILES string of the molecule is COc1ccc(C)nc1SCc1ccccc1. The van der Waals surface area contributed by atoms with Gasteiger partial charge < -0.3 is 4.74 Å². The van der Waals surface area contributed by atoms with Crippen LogP contribution in [0.1, 0.15) is 11.3 Å². The third-order valence-corrected chi connectivity index (χ3v) is 3.45. The Labute approximate surface area is 106 Å². The van der Waals surface area contributed by atoms with E-state index >= 15 is 0 Å². The lowest BCUT2D eigenvalue weighted by Gasteiger charge is -2.07. The first-order valence-corrected chi connectivity index (χ1v) is 6.46. The number of ether oxygens (including phenoxy) is 1. The van der Waals surface area contributed by atoms with E-state index in [0.717, 1.165) is 22.2 Å². The van der Waals surface area contributed by atoms with Crippen LogP contribution in [0.5, 0.6) is 5.75 Å². The molecule has 0 aliphatic rings. The molecule has 2 nitrogen and oxygen atoms in total. The number of thioether (sulfide) groups is 1. The summed E-state index contributed by atoms with van der Waals surface area (Å²) < 4.78 is 5.31. The lowest BCUT2D eigenvalue weighted by atomic mass is 10.2. The Morgan fingerprint density at radius 1 is 1.12 bits per heavy atom. The van der Waals surface area contributed by atoms with E-state index in [1.165, 1.54) is 5.56 Å². The van der Waals surface area contributed by atoms with Gasteiger partial charge in [0.05, 0.1) is 7.11 Å². The first-order chi connectivity index (χ1) is 8.29. The first-order valence-electron chi connectivity index (χ1n) is 5.48. The Morgan fingerprint density at radius 3 is 2.59 bits per heavy atom. The number of methoxy groups -OCH3 is 1. The maximum absolute atomic E-state index is 5.31. The molecule has 0 radical (unpaired) electrons. The van der Waals surface area contributed by atoms with Crippen molar-refractivity contribution in [1.82, 2.24) is 4.98 Å². The van der Waals surface area contributed by atoms with E-state index in [4.69, 9.17) is 4.74 Å². The van der Waals surface area contributed by atoms with Crippen LogP contribution < -0.4 is 4.74 Å². The Bertz CT molecular complexity index is 485. The molecule has 2 aromatic rings. The lowest BCUT2D eigenvalue weighted by Crippen LogP contribution is -1.92. The predicted molar refractivity (Wildman–Crippen MR) is 71.5 cm³/mol. The number of nitrogens with zero attached hydrogens (tertiary/aromatic N) is 1. The molecule has 88 valence electrons. The topological polar surface area (TPSA) is 22.1 Å². The molecule has 2 rings (SSSR count). The van der Waals surface area contributed by atoms with Gasteiger partial charge in [-0.2, -0.15) is 0 Å². The summed E-state index contributed by atoms with van der Waals surface area (Å²) in [7, 11) is 1.68. The highest BCUT2D eigenvalue weighted by Gasteiger charge is 2.05. The normalized spacial score (nSPS) is 10.2. The molecule has 3 heteroatoms. The monoisotopic (exact) mass is 245 g/mol. The Kier molecular flexibility index (Phi) is 4.04. The molecule has 0 aliphatic carbocycles. The fourth-order valence-corrected chi connectivity index (χ4v) is 2.50. The zero-order valence-corrected chi connectivity index (χ0v) is 10.8. The average Bonchev–Trinajstić information content (AvgIpc) is 2.38. The number of hydrogen-bond acceptors (Lipinski definition) is 3. The molecule has 0 saturated carbocycles. The van der Waals surface area contributed by atoms with Crippen LogP contribution in [0.15, 0.2) is 47.5 Å². The van der Waals surface area contributed by atoms with Gasteiger partial charge in [-0.25, -0.2) is 4.98 Å². The highest BCUT2D eigenvalue weighted by atomic mass is 32.2. The second kappa shape index (κ2) is 5.73. The summed E-state index contributed by atoms with van der Waals surface area (Å²) in [5.41, 5.74) is 2.31. The highest BCUT2D eigenvalue weighted by molar-refractivity contribution is 7.98. The molecule has 0 saturated heterocycles. The van der Waals surface area contributed by atoms with Crippen LogP contribution >= 0.6 is 11.8 Å². The minimum absolute atomic E-state index is 0.844. The van der Waals surface area contributed by atoms with Crippen molar-refractivity contribution in [3.8, 4) is 5.75 Å². The molecule has 0 amide bonds. The summed E-state index contributed by atoms with van der Waals surface area (Å²) >= 11 is 1.70. The number of benzene rings is 1. The van der Waals surface area contributed by atoms with E-state index in [2.05, 4.69) is 29.2 Å². The zero-order valence-electron chi connectivity index (χ0n) is 10.0. The smallest absolute Gasteiger partial charge is 0.151 e. The lowest BCUT2D eigenvalue weighted by molar-refractivity contribution is 0.400. The number of rotatable bonds is 4. The molecule has 0 unspecified atom stereocenters. The Morgan fingerprint density at radius 2 is 1.88 bits per heavy atom. The summed E-state index contributed by atoms with van der Waals surface area (Å²) in [5, 5.41) is 0.955. The third-order valence-electron chi connectivity index (χ3n) is 2.40. The largest absolute Gasteiger partial charge is 0.494 e.